The first-order valence-electron chi connectivity index (χ1n) is 6.11. The highest BCUT2D eigenvalue weighted by atomic mass is 19.3. The molecule has 2 N–H and O–H groups in total. The molecule has 1 fully saturated rings. The van der Waals surface area contributed by atoms with Crippen LogP contribution in [0.3, 0.4) is 0 Å². The van der Waals surface area contributed by atoms with Crippen LogP contribution >= 0.6 is 0 Å². The van der Waals surface area contributed by atoms with Crippen LogP contribution in [-0.4, -0.2) is 29.9 Å². The third kappa shape index (κ3) is 3.11. The number of carbonyl (C=O) groups is 2. The molecule has 7 heteroatoms. The highest BCUT2D eigenvalue weighted by Crippen LogP contribution is 2.27. The Morgan fingerprint density at radius 2 is 1.80 bits per heavy atom. The van der Waals surface area contributed by atoms with Gasteiger partial charge in [-0.1, -0.05) is 18.2 Å². The first-order chi connectivity index (χ1) is 9.49. The lowest BCUT2D eigenvalue weighted by Crippen LogP contribution is -2.36. The zero-order chi connectivity index (χ0) is 14.7. The van der Waals surface area contributed by atoms with Gasteiger partial charge in [-0.25, -0.2) is 0 Å². The van der Waals surface area contributed by atoms with Crippen molar-refractivity contribution in [1.29, 1.82) is 0 Å². The van der Waals surface area contributed by atoms with E-state index in [9.17, 15) is 18.4 Å². The molecule has 108 valence electrons. The summed E-state index contributed by atoms with van der Waals surface area (Å²) >= 11 is 0. The second-order valence-electron chi connectivity index (χ2n) is 4.42. The van der Waals surface area contributed by atoms with E-state index in [-0.39, 0.29) is 37.0 Å². The minimum Gasteiger partial charge on any atom is -0.434 e. The van der Waals surface area contributed by atoms with Crippen molar-refractivity contribution in [3.8, 4) is 5.75 Å². The highest BCUT2D eigenvalue weighted by Gasteiger charge is 2.31. The summed E-state index contributed by atoms with van der Waals surface area (Å²) in [7, 11) is 0. The van der Waals surface area contributed by atoms with Crippen LogP contribution in [0, 0.1) is 0 Å². The van der Waals surface area contributed by atoms with Crippen molar-refractivity contribution in [3.63, 3.8) is 0 Å². The van der Waals surface area contributed by atoms with E-state index >= 15 is 0 Å². The van der Waals surface area contributed by atoms with Crippen molar-refractivity contribution in [1.82, 2.24) is 4.90 Å². The van der Waals surface area contributed by atoms with Crippen LogP contribution in [0.15, 0.2) is 24.3 Å². The lowest BCUT2D eigenvalue weighted by Gasteiger charge is -2.21. The van der Waals surface area contributed by atoms with Crippen LogP contribution in [0.25, 0.3) is 0 Å². The van der Waals surface area contributed by atoms with Crippen LogP contribution in [0.5, 0.6) is 5.75 Å². The number of imide groups is 1. The molecule has 2 rings (SSSR count). The molecule has 0 saturated carbocycles. The van der Waals surface area contributed by atoms with Gasteiger partial charge in [0.1, 0.15) is 5.75 Å². The van der Waals surface area contributed by atoms with E-state index in [1.165, 1.54) is 12.1 Å². The van der Waals surface area contributed by atoms with Gasteiger partial charge in [0.05, 0.1) is 6.04 Å². The lowest BCUT2D eigenvalue weighted by molar-refractivity contribution is -0.138. The quantitative estimate of drug-likeness (QED) is 0.830. The Kier molecular flexibility index (Phi) is 4.29. The molecule has 0 aromatic heterocycles. The molecular weight excluding hydrogens is 270 g/mol. The molecule has 2 amide bonds. The average Bonchev–Trinajstić information content (AvgIpc) is 2.70. The summed E-state index contributed by atoms with van der Waals surface area (Å²) in [6, 6.07) is 5.31. The first-order valence-corrected chi connectivity index (χ1v) is 6.11. The van der Waals surface area contributed by atoms with Gasteiger partial charge in [0.25, 0.3) is 0 Å². The van der Waals surface area contributed by atoms with E-state index < -0.39 is 12.7 Å². The monoisotopic (exact) mass is 284 g/mol. The maximum Gasteiger partial charge on any atom is 0.387 e. The van der Waals surface area contributed by atoms with E-state index in [1.807, 2.05) is 0 Å². The topological polar surface area (TPSA) is 72.6 Å². The van der Waals surface area contributed by atoms with Gasteiger partial charge in [0, 0.05) is 24.9 Å². The van der Waals surface area contributed by atoms with Crippen molar-refractivity contribution < 1.29 is 23.1 Å². The fraction of sp³-hybridized carbons (Fsp3) is 0.385. The zero-order valence-corrected chi connectivity index (χ0v) is 10.6. The number of hydrogen-bond acceptors (Lipinski definition) is 4. The van der Waals surface area contributed by atoms with Crippen LogP contribution in [-0.2, 0) is 9.59 Å². The fourth-order valence-electron chi connectivity index (χ4n) is 2.11. The summed E-state index contributed by atoms with van der Waals surface area (Å²) in [5.41, 5.74) is 6.24. The van der Waals surface area contributed by atoms with E-state index in [1.54, 1.807) is 12.1 Å². The van der Waals surface area contributed by atoms with Crippen molar-refractivity contribution in [3.05, 3.63) is 29.8 Å². The first kappa shape index (κ1) is 14.4. The molecule has 1 unspecified atom stereocenters. The Hall–Kier alpha value is -2.02. The SMILES string of the molecule is NC(CN1C(=O)CCC1=O)c1ccccc1OC(F)F. The molecule has 1 heterocycles. The predicted octanol–water partition coefficient (Wildman–Crippen LogP) is 1.44. The number of benzene rings is 1. The summed E-state index contributed by atoms with van der Waals surface area (Å²) in [6.45, 7) is -3.00. The standard InChI is InChI=1S/C13H14F2N2O3/c14-13(15)20-10-4-2-1-3-8(10)9(16)7-17-11(18)5-6-12(17)19/h1-4,9,13H,5-7,16H2. The minimum atomic E-state index is -2.96. The number of amides is 2. The Bertz CT molecular complexity index is 506. The van der Waals surface area contributed by atoms with E-state index in [4.69, 9.17) is 5.73 Å². The molecule has 0 radical (unpaired) electrons. The number of alkyl halides is 2. The second kappa shape index (κ2) is 5.96. The van der Waals surface area contributed by atoms with Gasteiger partial charge in [-0.2, -0.15) is 8.78 Å². The van der Waals surface area contributed by atoms with Crippen molar-refractivity contribution in [2.24, 2.45) is 5.73 Å². The number of rotatable bonds is 5. The number of nitrogens with two attached hydrogens (primary N) is 1. The van der Waals surface area contributed by atoms with Crippen LogP contribution in [0.4, 0.5) is 8.78 Å². The zero-order valence-electron chi connectivity index (χ0n) is 10.6. The Labute approximate surface area is 114 Å². The van der Waals surface area contributed by atoms with Gasteiger partial charge in [0.2, 0.25) is 11.8 Å². The fourth-order valence-corrected chi connectivity index (χ4v) is 2.11. The van der Waals surface area contributed by atoms with E-state index in [2.05, 4.69) is 4.74 Å². The van der Waals surface area contributed by atoms with Gasteiger partial charge in [0.15, 0.2) is 0 Å². The van der Waals surface area contributed by atoms with Gasteiger partial charge < -0.3 is 10.5 Å². The predicted molar refractivity (Wildman–Crippen MR) is 66.0 cm³/mol. The number of para-hydroxylation sites is 1. The van der Waals surface area contributed by atoms with E-state index in [0.717, 1.165) is 4.90 Å². The number of likely N-dealkylation sites (tertiary alicyclic amines) is 1. The summed E-state index contributed by atoms with van der Waals surface area (Å²) in [4.78, 5) is 24.1. The summed E-state index contributed by atoms with van der Waals surface area (Å²) < 4.78 is 29.0. The second-order valence-corrected chi connectivity index (χ2v) is 4.42. The number of carbonyl (C=O) groups excluding carboxylic acids is 2. The van der Waals surface area contributed by atoms with Gasteiger partial charge in [-0.3, -0.25) is 14.5 Å². The number of nitrogens with zero attached hydrogens (tertiary/aromatic N) is 1. The molecule has 1 atom stereocenters. The van der Waals surface area contributed by atoms with Crippen molar-refractivity contribution >= 4 is 11.8 Å². The molecule has 1 aliphatic rings. The van der Waals surface area contributed by atoms with Crippen molar-refractivity contribution in [2.45, 2.75) is 25.5 Å². The maximum atomic E-state index is 12.3. The average molecular weight is 284 g/mol. The maximum absolute atomic E-state index is 12.3. The molecule has 0 aliphatic carbocycles. The van der Waals surface area contributed by atoms with Gasteiger partial charge in [-0.15, -0.1) is 0 Å². The minimum absolute atomic E-state index is 0.0404. The molecule has 0 spiro atoms. The van der Waals surface area contributed by atoms with E-state index in [0.29, 0.717) is 5.56 Å². The number of ether oxygens (including phenoxy) is 1. The largest absolute Gasteiger partial charge is 0.434 e. The Balaban J connectivity index is 2.14. The summed E-state index contributed by atoms with van der Waals surface area (Å²) in [5.74, 6) is -0.635. The summed E-state index contributed by atoms with van der Waals surface area (Å²) in [5, 5.41) is 0. The molecule has 20 heavy (non-hydrogen) atoms. The normalized spacial score (nSPS) is 16.9. The Morgan fingerprint density at radius 1 is 1.20 bits per heavy atom. The smallest absolute Gasteiger partial charge is 0.387 e. The molecule has 1 aromatic carbocycles. The molecule has 0 bridgehead atoms. The number of hydrogen-bond donors (Lipinski definition) is 1. The molecule has 1 aliphatic heterocycles. The highest BCUT2D eigenvalue weighted by molar-refractivity contribution is 6.01. The Morgan fingerprint density at radius 3 is 2.40 bits per heavy atom. The molecule has 5 nitrogen and oxygen atoms in total. The van der Waals surface area contributed by atoms with Gasteiger partial charge in [-0.05, 0) is 6.07 Å². The third-order valence-electron chi connectivity index (χ3n) is 3.07. The van der Waals surface area contributed by atoms with Crippen molar-refractivity contribution in [2.75, 3.05) is 6.54 Å². The molecule has 1 saturated heterocycles. The number of halogens is 2. The van der Waals surface area contributed by atoms with Crippen LogP contribution in [0.1, 0.15) is 24.4 Å². The molecule has 1 aromatic rings. The lowest BCUT2D eigenvalue weighted by atomic mass is 10.1. The van der Waals surface area contributed by atoms with Gasteiger partial charge >= 0.3 is 6.61 Å². The van der Waals surface area contributed by atoms with Crippen LogP contribution in [0.2, 0.25) is 0 Å². The van der Waals surface area contributed by atoms with Crippen LogP contribution < -0.4 is 10.5 Å². The summed E-state index contributed by atoms with van der Waals surface area (Å²) in [6.07, 6.45) is 0.335. The third-order valence-corrected chi connectivity index (χ3v) is 3.07. The molecular formula is C13H14F2N2O3.